The van der Waals surface area contributed by atoms with Crippen LogP contribution in [0.4, 0.5) is 0 Å². The fourth-order valence-electron chi connectivity index (χ4n) is 2.33. The zero-order valence-electron chi connectivity index (χ0n) is 12.2. The summed E-state index contributed by atoms with van der Waals surface area (Å²) >= 11 is 0. The number of hydrogen-bond donors (Lipinski definition) is 2. The Morgan fingerprint density at radius 3 is 2.75 bits per heavy atom. The molecule has 20 heavy (non-hydrogen) atoms. The summed E-state index contributed by atoms with van der Waals surface area (Å²) in [6, 6.07) is 8.75. The molecule has 110 valence electrons. The van der Waals surface area contributed by atoms with E-state index in [1.54, 1.807) is 0 Å². The van der Waals surface area contributed by atoms with Gasteiger partial charge in [-0.05, 0) is 24.0 Å². The molecule has 1 saturated heterocycles. The first-order valence-electron chi connectivity index (χ1n) is 7.43. The molecule has 0 radical (unpaired) electrons. The molecule has 4 heteroatoms. The standard InChI is InChI=1S/C16H24N2O2/c1-2-13-3-5-14(6-4-13)7-8-18-16(19)11-15-12-20-10-9-17-15/h3-6,15,17H,2,7-12H2,1H3,(H,18,19). The highest BCUT2D eigenvalue weighted by Gasteiger charge is 2.16. The molecule has 1 aromatic carbocycles. The van der Waals surface area contributed by atoms with Crippen molar-refractivity contribution in [1.82, 2.24) is 10.6 Å². The van der Waals surface area contributed by atoms with Crippen LogP contribution in [0.1, 0.15) is 24.5 Å². The smallest absolute Gasteiger partial charge is 0.221 e. The zero-order valence-corrected chi connectivity index (χ0v) is 12.2. The number of nitrogens with one attached hydrogen (secondary N) is 2. The third-order valence-electron chi connectivity index (χ3n) is 3.60. The Kier molecular flexibility index (Phi) is 6.02. The lowest BCUT2D eigenvalue weighted by molar-refractivity contribution is -0.122. The van der Waals surface area contributed by atoms with Crippen molar-refractivity contribution < 1.29 is 9.53 Å². The van der Waals surface area contributed by atoms with Crippen molar-refractivity contribution in [3.8, 4) is 0 Å². The molecule has 1 aromatic rings. The van der Waals surface area contributed by atoms with Gasteiger partial charge in [0.05, 0.1) is 13.2 Å². The van der Waals surface area contributed by atoms with Gasteiger partial charge in [-0.25, -0.2) is 0 Å². The quantitative estimate of drug-likeness (QED) is 0.823. The van der Waals surface area contributed by atoms with E-state index in [0.717, 1.165) is 26.0 Å². The van der Waals surface area contributed by atoms with Crippen LogP contribution < -0.4 is 10.6 Å². The second kappa shape index (κ2) is 8.02. The Balaban J connectivity index is 1.65. The Morgan fingerprint density at radius 1 is 1.35 bits per heavy atom. The number of hydrogen-bond acceptors (Lipinski definition) is 3. The maximum Gasteiger partial charge on any atom is 0.221 e. The SMILES string of the molecule is CCc1ccc(CCNC(=O)CC2COCCN2)cc1. The van der Waals surface area contributed by atoms with E-state index in [0.29, 0.717) is 19.6 Å². The van der Waals surface area contributed by atoms with Crippen LogP contribution in [0.25, 0.3) is 0 Å². The number of rotatable bonds is 6. The topological polar surface area (TPSA) is 50.4 Å². The Labute approximate surface area is 120 Å². The number of ether oxygens (including phenoxy) is 1. The van der Waals surface area contributed by atoms with Crippen molar-refractivity contribution in [3.05, 3.63) is 35.4 Å². The molecule has 1 unspecified atom stereocenters. The van der Waals surface area contributed by atoms with Crippen molar-refractivity contribution in [2.24, 2.45) is 0 Å². The molecule has 1 fully saturated rings. The molecule has 1 aliphatic rings. The Hall–Kier alpha value is -1.39. The molecule has 0 spiro atoms. The van der Waals surface area contributed by atoms with Crippen LogP contribution in [0.3, 0.4) is 0 Å². The average molecular weight is 276 g/mol. The molecule has 0 aromatic heterocycles. The number of carbonyl (C=O) groups excluding carboxylic acids is 1. The fraction of sp³-hybridized carbons (Fsp3) is 0.562. The third kappa shape index (κ3) is 4.94. The summed E-state index contributed by atoms with van der Waals surface area (Å²) in [4.78, 5) is 11.8. The molecular weight excluding hydrogens is 252 g/mol. The van der Waals surface area contributed by atoms with E-state index in [-0.39, 0.29) is 11.9 Å². The van der Waals surface area contributed by atoms with Crippen molar-refractivity contribution in [2.45, 2.75) is 32.2 Å². The van der Waals surface area contributed by atoms with Crippen molar-refractivity contribution in [3.63, 3.8) is 0 Å². The summed E-state index contributed by atoms with van der Waals surface area (Å²) in [5.41, 5.74) is 2.61. The Morgan fingerprint density at radius 2 is 2.10 bits per heavy atom. The van der Waals surface area contributed by atoms with E-state index in [1.165, 1.54) is 11.1 Å². The normalized spacial score (nSPS) is 18.8. The van der Waals surface area contributed by atoms with Gasteiger partial charge in [0.1, 0.15) is 0 Å². The van der Waals surface area contributed by atoms with Crippen LogP contribution in [-0.2, 0) is 22.4 Å². The average Bonchev–Trinajstić information content (AvgIpc) is 2.49. The number of morpholine rings is 1. The van der Waals surface area contributed by atoms with Gasteiger partial charge in [0.25, 0.3) is 0 Å². The molecule has 1 atom stereocenters. The lowest BCUT2D eigenvalue weighted by Gasteiger charge is -2.23. The van der Waals surface area contributed by atoms with Crippen molar-refractivity contribution in [2.75, 3.05) is 26.3 Å². The highest BCUT2D eigenvalue weighted by molar-refractivity contribution is 5.76. The molecule has 1 heterocycles. The highest BCUT2D eigenvalue weighted by atomic mass is 16.5. The van der Waals surface area contributed by atoms with Gasteiger partial charge < -0.3 is 15.4 Å². The maximum absolute atomic E-state index is 11.8. The first-order valence-corrected chi connectivity index (χ1v) is 7.43. The van der Waals surface area contributed by atoms with Gasteiger partial charge in [-0.3, -0.25) is 4.79 Å². The van der Waals surface area contributed by atoms with E-state index < -0.39 is 0 Å². The van der Waals surface area contributed by atoms with Gasteiger partial charge in [-0.2, -0.15) is 0 Å². The number of aryl methyl sites for hydroxylation is 1. The van der Waals surface area contributed by atoms with Crippen LogP contribution in [0.15, 0.2) is 24.3 Å². The van der Waals surface area contributed by atoms with Crippen LogP contribution in [0, 0.1) is 0 Å². The van der Waals surface area contributed by atoms with E-state index in [9.17, 15) is 4.79 Å². The second-order valence-corrected chi connectivity index (χ2v) is 5.20. The van der Waals surface area contributed by atoms with Crippen LogP contribution >= 0.6 is 0 Å². The van der Waals surface area contributed by atoms with Crippen molar-refractivity contribution >= 4 is 5.91 Å². The van der Waals surface area contributed by atoms with Crippen molar-refractivity contribution in [1.29, 1.82) is 0 Å². The van der Waals surface area contributed by atoms with Gasteiger partial charge in [0, 0.05) is 25.6 Å². The largest absolute Gasteiger partial charge is 0.378 e. The summed E-state index contributed by atoms with van der Waals surface area (Å²) < 4.78 is 5.34. The van der Waals surface area contributed by atoms with Gasteiger partial charge in [-0.1, -0.05) is 31.2 Å². The molecule has 1 amide bonds. The summed E-state index contributed by atoms with van der Waals surface area (Å²) in [5, 5.41) is 6.26. The fourth-order valence-corrected chi connectivity index (χ4v) is 2.33. The minimum atomic E-state index is 0.0955. The summed E-state index contributed by atoms with van der Waals surface area (Å²) in [7, 11) is 0. The zero-order chi connectivity index (χ0) is 14.2. The number of amides is 1. The maximum atomic E-state index is 11.8. The molecular formula is C16H24N2O2. The molecule has 1 aliphatic heterocycles. The lowest BCUT2D eigenvalue weighted by atomic mass is 10.1. The summed E-state index contributed by atoms with van der Waals surface area (Å²) in [5.74, 6) is 0.0955. The first kappa shape index (κ1) is 15.0. The molecule has 0 saturated carbocycles. The van der Waals surface area contributed by atoms with Gasteiger partial charge >= 0.3 is 0 Å². The van der Waals surface area contributed by atoms with Crippen LogP contribution in [-0.4, -0.2) is 38.3 Å². The third-order valence-corrected chi connectivity index (χ3v) is 3.60. The summed E-state index contributed by atoms with van der Waals surface area (Å²) in [6.07, 6.45) is 2.44. The van der Waals surface area contributed by atoms with E-state index >= 15 is 0 Å². The minimum absolute atomic E-state index is 0.0955. The minimum Gasteiger partial charge on any atom is -0.378 e. The Bertz CT molecular complexity index is 411. The second-order valence-electron chi connectivity index (χ2n) is 5.20. The van der Waals surface area contributed by atoms with Gasteiger partial charge in [0.2, 0.25) is 5.91 Å². The van der Waals surface area contributed by atoms with E-state index in [4.69, 9.17) is 4.74 Å². The molecule has 4 nitrogen and oxygen atoms in total. The van der Waals surface area contributed by atoms with Crippen LogP contribution in [0.5, 0.6) is 0 Å². The summed E-state index contributed by atoms with van der Waals surface area (Å²) in [6.45, 7) is 5.05. The van der Waals surface area contributed by atoms with Crippen LogP contribution in [0.2, 0.25) is 0 Å². The van der Waals surface area contributed by atoms with E-state index in [2.05, 4.69) is 41.8 Å². The molecule has 2 N–H and O–H groups in total. The molecule has 0 bridgehead atoms. The van der Waals surface area contributed by atoms with Gasteiger partial charge in [0.15, 0.2) is 0 Å². The first-order chi connectivity index (χ1) is 9.78. The lowest BCUT2D eigenvalue weighted by Crippen LogP contribution is -2.44. The van der Waals surface area contributed by atoms with Gasteiger partial charge in [-0.15, -0.1) is 0 Å². The monoisotopic (exact) mass is 276 g/mol. The number of benzene rings is 1. The predicted molar refractivity (Wildman–Crippen MR) is 79.8 cm³/mol. The number of carbonyl (C=O) groups is 1. The molecule has 0 aliphatic carbocycles. The predicted octanol–water partition coefficient (Wildman–Crippen LogP) is 1.29. The van der Waals surface area contributed by atoms with E-state index in [1.807, 2.05) is 0 Å². The highest BCUT2D eigenvalue weighted by Crippen LogP contribution is 2.05. The molecule has 2 rings (SSSR count).